The number of fused-ring (bicyclic) bond motifs is 3. The van der Waals surface area contributed by atoms with E-state index in [1.54, 1.807) is 6.07 Å². The van der Waals surface area contributed by atoms with Crippen molar-refractivity contribution in [3.05, 3.63) is 99.6 Å². The summed E-state index contributed by atoms with van der Waals surface area (Å²) in [6.07, 6.45) is 3.26. The zero-order valence-corrected chi connectivity index (χ0v) is 20.8. The molecule has 3 atom stereocenters. The highest BCUT2D eigenvalue weighted by Crippen LogP contribution is 2.44. The van der Waals surface area contributed by atoms with Crippen molar-refractivity contribution < 1.29 is 13.0 Å². The van der Waals surface area contributed by atoms with Gasteiger partial charge in [0.05, 0.1) is 10.1 Å². The van der Waals surface area contributed by atoms with Crippen LogP contribution in [-0.2, 0) is 51.8 Å². The number of thioether (sulfide) groups is 1. The number of hydrogen-bond acceptors (Lipinski definition) is 4. The molecular weight excluding hydrogens is 468 g/mol. The van der Waals surface area contributed by atoms with E-state index in [0.717, 1.165) is 41.9 Å². The molecule has 6 rings (SSSR count). The van der Waals surface area contributed by atoms with Crippen LogP contribution in [0.5, 0.6) is 0 Å². The standard InChI is InChI=1S/C27H26O3S3/c28-32-12-11-19-13-20(5-8-23(19)17-32)25-15-24-14-21(6-7-22(24)16-31-25)27-10-9-18-3-1-2-4-26(18)33(27,29)30/h1-8,13-14,25,27H,9-12,15-17H2. The van der Waals surface area contributed by atoms with E-state index in [2.05, 4.69) is 30.3 Å². The summed E-state index contributed by atoms with van der Waals surface area (Å²) in [4.78, 5) is 0.502. The molecule has 0 N–H and O–H groups in total. The Balaban J connectivity index is 1.29. The second-order valence-corrected chi connectivity index (χ2v) is 14.1. The van der Waals surface area contributed by atoms with Gasteiger partial charge in [0.1, 0.15) is 11.5 Å². The van der Waals surface area contributed by atoms with Crippen molar-refractivity contribution in [2.75, 3.05) is 5.75 Å². The molecule has 0 saturated carbocycles. The third kappa shape index (κ3) is 3.95. The third-order valence-corrected chi connectivity index (χ3v) is 12.2. The Labute approximate surface area is 203 Å². The van der Waals surface area contributed by atoms with Crippen LogP contribution in [0, 0.1) is 0 Å². The second-order valence-electron chi connectivity index (χ2n) is 9.28. The molecule has 170 valence electrons. The maximum atomic E-state index is 13.4. The lowest BCUT2D eigenvalue weighted by atomic mass is 9.93. The SMILES string of the molecule is O=S1(=O)c2ccccc2CCC1c1ccc2c(c1)CC(c1ccc3c(c1)CC[S+]([O-])C3)SC2. The van der Waals surface area contributed by atoms with Crippen molar-refractivity contribution in [2.24, 2.45) is 0 Å². The lowest BCUT2D eigenvalue weighted by molar-refractivity contribution is 0.564. The van der Waals surface area contributed by atoms with E-state index in [-0.39, 0.29) is 0 Å². The van der Waals surface area contributed by atoms with Gasteiger partial charge in [-0.25, -0.2) is 8.42 Å². The average Bonchev–Trinajstić information content (AvgIpc) is 2.83. The van der Waals surface area contributed by atoms with Crippen LogP contribution < -0.4 is 0 Å². The predicted molar refractivity (Wildman–Crippen MR) is 136 cm³/mol. The van der Waals surface area contributed by atoms with Crippen molar-refractivity contribution >= 4 is 32.8 Å². The normalized spacial score (nSPS) is 25.5. The van der Waals surface area contributed by atoms with E-state index in [4.69, 9.17) is 0 Å². The smallest absolute Gasteiger partial charge is 0.185 e. The highest BCUT2D eigenvalue weighted by atomic mass is 32.2. The largest absolute Gasteiger partial charge is 0.616 e. The number of hydrogen-bond donors (Lipinski definition) is 0. The molecule has 3 nitrogen and oxygen atoms in total. The fourth-order valence-electron chi connectivity index (χ4n) is 5.46. The summed E-state index contributed by atoms with van der Waals surface area (Å²) in [5.74, 6) is 2.39. The second kappa shape index (κ2) is 8.49. The molecule has 3 heterocycles. The van der Waals surface area contributed by atoms with Crippen LogP contribution in [0.1, 0.15) is 55.9 Å². The summed E-state index contributed by atoms with van der Waals surface area (Å²) in [7, 11) is -3.37. The van der Waals surface area contributed by atoms with Gasteiger partial charge >= 0.3 is 0 Å². The van der Waals surface area contributed by atoms with Crippen LogP contribution in [0.15, 0.2) is 65.6 Å². The zero-order valence-electron chi connectivity index (χ0n) is 18.3. The van der Waals surface area contributed by atoms with Crippen molar-refractivity contribution in [1.29, 1.82) is 0 Å². The molecule has 0 spiro atoms. The predicted octanol–water partition coefficient (Wildman–Crippen LogP) is 5.48. The highest BCUT2D eigenvalue weighted by molar-refractivity contribution is 7.98. The summed E-state index contributed by atoms with van der Waals surface area (Å²) in [6.45, 7) is 0. The topological polar surface area (TPSA) is 57.2 Å². The van der Waals surface area contributed by atoms with Gasteiger partial charge < -0.3 is 4.55 Å². The van der Waals surface area contributed by atoms with E-state index in [1.807, 2.05) is 36.0 Å². The van der Waals surface area contributed by atoms with Gasteiger partial charge in [0.2, 0.25) is 0 Å². The van der Waals surface area contributed by atoms with Crippen molar-refractivity contribution in [3.63, 3.8) is 0 Å². The minimum absolute atomic E-state index is 0.370. The first-order chi connectivity index (χ1) is 16.0. The van der Waals surface area contributed by atoms with Gasteiger partial charge in [0.25, 0.3) is 0 Å². The molecule has 3 aliphatic rings. The van der Waals surface area contributed by atoms with Gasteiger partial charge in [0.15, 0.2) is 9.84 Å². The maximum Gasteiger partial charge on any atom is 0.185 e. The molecule has 3 aromatic carbocycles. The van der Waals surface area contributed by atoms with Gasteiger partial charge in [-0.2, -0.15) is 0 Å². The Hall–Kier alpha value is -1.73. The summed E-state index contributed by atoms with van der Waals surface area (Å²) in [5, 5.41) is -0.0930. The van der Waals surface area contributed by atoms with Gasteiger partial charge in [-0.3, -0.25) is 0 Å². The fraction of sp³-hybridized carbons (Fsp3) is 0.333. The van der Waals surface area contributed by atoms with E-state index in [1.165, 1.54) is 27.8 Å². The molecule has 0 amide bonds. The van der Waals surface area contributed by atoms with Gasteiger partial charge in [0, 0.05) is 23.0 Å². The summed E-state index contributed by atoms with van der Waals surface area (Å²) < 4.78 is 38.7. The van der Waals surface area contributed by atoms with Crippen LogP contribution in [0.25, 0.3) is 0 Å². The van der Waals surface area contributed by atoms with E-state index in [0.29, 0.717) is 22.3 Å². The molecule has 3 unspecified atom stereocenters. The van der Waals surface area contributed by atoms with E-state index >= 15 is 0 Å². The first-order valence-corrected chi connectivity index (χ1v) is 15.6. The Kier molecular flexibility index (Phi) is 5.60. The third-order valence-electron chi connectivity index (χ3n) is 7.29. The molecule has 0 bridgehead atoms. The zero-order chi connectivity index (χ0) is 22.6. The minimum Gasteiger partial charge on any atom is -0.616 e. The van der Waals surface area contributed by atoms with E-state index in [9.17, 15) is 13.0 Å². The van der Waals surface area contributed by atoms with Crippen LogP contribution in [0.3, 0.4) is 0 Å². The quantitative estimate of drug-likeness (QED) is 0.443. The van der Waals surface area contributed by atoms with Gasteiger partial charge in [-0.15, -0.1) is 11.8 Å². The molecule has 6 heteroatoms. The van der Waals surface area contributed by atoms with Crippen LogP contribution in [0.2, 0.25) is 0 Å². The van der Waals surface area contributed by atoms with E-state index < -0.39 is 26.3 Å². The fourth-order valence-corrected chi connectivity index (χ4v) is 10.0. The molecular formula is C27H26O3S3. The van der Waals surface area contributed by atoms with Gasteiger partial charge in [-0.1, -0.05) is 54.6 Å². The number of benzene rings is 3. The monoisotopic (exact) mass is 494 g/mol. The molecule has 0 saturated heterocycles. The molecule has 0 aromatic heterocycles. The molecule has 3 aliphatic heterocycles. The average molecular weight is 495 g/mol. The Morgan fingerprint density at radius 3 is 2.55 bits per heavy atom. The molecule has 3 aromatic rings. The summed E-state index contributed by atoms with van der Waals surface area (Å²) >= 11 is 1.24. The number of sulfone groups is 1. The lowest BCUT2D eigenvalue weighted by Crippen LogP contribution is -2.21. The van der Waals surface area contributed by atoms with Crippen molar-refractivity contribution in [1.82, 2.24) is 0 Å². The Morgan fingerprint density at radius 2 is 1.64 bits per heavy atom. The van der Waals surface area contributed by atoms with Crippen LogP contribution in [-0.4, -0.2) is 18.7 Å². The Bertz CT molecular complexity index is 1330. The van der Waals surface area contributed by atoms with Crippen LogP contribution in [0.4, 0.5) is 0 Å². The number of aryl methyl sites for hydroxylation is 2. The first kappa shape index (κ1) is 21.8. The maximum absolute atomic E-state index is 13.4. The number of rotatable bonds is 2. The molecule has 0 fully saturated rings. The molecule has 0 radical (unpaired) electrons. The first-order valence-electron chi connectivity index (χ1n) is 11.5. The van der Waals surface area contributed by atoms with Crippen molar-refractivity contribution in [3.8, 4) is 0 Å². The van der Waals surface area contributed by atoms with Gasteiger partial charge in [-0.05, 0) is 69.9 Å². The summed E-state index contributed by atoms with van der Waals surface area (Å²) in [6, 6.07) is 20.5. The molecule has 0 aliphatic carbocycles. The van der Waals surface area contributed by atoms with Crippen molar-refractivity contribution in [2.45, 2.75) is 52.6 Å². The highest BCUT2D eigenvalue weighted by Gasteiger charge is 2.35. The van der Waals surface area contributed by atoms with Crippen LogP contribution >= 0.6 is 11.8 Å². The summed E-state index contributed by atoms with van der Waals surface area (Å²) in [5.41, 5.74) is 8.39. The lowest BCUT2D eigenvalue weighted by Gasteiger charge is -2.29. The molecule has 33 heavy (non-hydrogen) atoms. The minimum atomic E-state index is -3.37. The Morgan fingerprint density at radius 1 is 0.848 bits per heavy atom.